The average Bonchev–Trinajstić information content (AvgIpc) is 2.55. The summed E-state index contributed by atoms with van der Waals surface area (Å²) in [6.07, 6.45) is 2.77. The monoisotopic (exact) mass is 372 g/mol. The first-order valence-electron chi connectivity index (χ1n) is 8.42. The highest BCUT2D eigenvalue weighted by Crippen LogP contribution is 2.20. The van der Waals surface area contributed by atoms with Crippen molar-refractivity contribution < 1.29 is 13.2 Å². The Morgan fingerprint density at radius 1 is 1.42 bits per heavy atom. The van der Waals surface area contributed by atoms with Crippen LogP contribution in [0.15, 0.2) is 24.3 Å². The second-order valence-corrected chi connectivity index (χ2v) is 8.71. The SMILES string of the molecule is CCCS(=O)(=O)N1CCCC(C(=O)NCCc2cccc(Cl)c2)C1. The van der Waals surface area contributed by atoms with Gasteiger partial charge in [0.15, 0.2) is 0 Å². The summed E-state index contributed by atoms with van der Waals surface area (Å²) in [5.41, 5.74) is 1.07. The van der Waals surface area contributed by atoms with E-state index < -0.39 is 10.0 Å². The molecule has 1 N–H and O–H groups in total. The molecule has 1 unspecified atom stereocenters. The van der Waals surface area contributed by atoms with E-state index in [1.807, 2.05) is 31.2 Å². The van der Waals surface area contributed by atoms with E-state index in [0.717, 1.165) is 18.4 Å². The van der Waals surface area contributed by atoms with E-state index >= 15 is 0 Å². The zero-order chi connectivity index (χ0) is 17.6. The minimum atomic E-state index is -3.23. The van der Waals surface area contributed by atoms with Crippen molar-refractivity contribution >= 4 is 27.5 Å². The van der Waals surface area contributed by atoms with Crippen molar-refractivity contribution in [2.75, 3.05) is 25.4 Å². The molecular weight excluding hydrogens is 348 g/mol. The first kappa shape index (κ1) is 19.2. The zero-order valence-electron chi connectivity index (χ0n) is 14.0. The number of hydrogen-bond donors (Lipinski definition) is 1. The van der Waals surface area contributed by atoms with Gasteiger partial charge in [0.05, 0.1) is 11.7 Å². The lowest BCUT2D eigenvalue weighted by atomic mass is 9.99. The third-order valence-corrected chi connectivity index (χ3v) is 6.49. The van der Waals surface area contributed by atoms with Crippen LogP contribution in [0.25, 0.3) is 0 Å². The van der Waals surface area contributed by atoms with Gasteiger partial charge in [0, 0.05) is 24.7 Å². The molecule has 2 rings (SSSR count). The minimum absolute atomic E-state index is 0.0616. The molecule has 0 radical (unpaired) electrons. The molecule has 134 valence electrons. The lowest BCUT2D eigenvalue weighted by molar-refractivity contribution is -0.126. The van der Waals surface area contributed by atoms with Crippen LogP contribution in [-0.4, -0.2) is 44.0 Å². The average molecular weight is 373 g/mol. The van der Waals surface area contributed by atoms with Gasteiger partial charge in [-0.15, -0.1) is 0 Å². The number of carbonyl (C=O) groups is 1. The predicted molar refractivity (Wildman–Crippen MR) is 96.5 cm³/mol. The first-order valence-corrected chi connectivity index (χ1v) is 10.4. The quantitative estimate of drug-likeness (QED) is 0.799. The standard InChI is InChI=1S/C17H25ClN2O3S/c1-2-11-24(22,23)20-10-4-6-15(13-20)17(21)19-9-8-14-5-3-7-16(18)12-14/h3,5,7,12,15H,2,4,6,8-11,13H2,1H3,(H,19,21). The van der Waals surface area contributed by atoms with Gasteiger partial charge >= 0.3 is 0 Å². The Morgan fingerprint density at radius 3 is 2.92 bits per heavy atom. The van der Waals surface area contributed by atoms with Crippen molar-refractivity contribution in [3.05, 3.63) is 34.9 Å². The third kappa shape index (κ3) is 5.46. The van der Waals surface area contributed by atoms with Crippen molar-refractivity contribution in [1.29, 1.82) is 0 Å². The van der Waals surface area contributed by atoms with E-state index in [-0.39, 0.29) is 17.6 Å². The van der Waals surface area contributed by atoms with E-state index in [1.165, 1.54) is 4.31 Å². The second-order valence-electron chi connectivity index (χ2n) is 6.18. The number of halogens is 1. The normalized spacial score (nSPS) is 19.2. The number of rotatable bonds is 7. The van der Waals surface area contributed by atoms with Crippen LogP contribution in [0.4, 0.5) is 0 Å². The van der Waals surface area contributed by atoms with Gasteiger partial charge in [0.2, 0.25) is 15.9 Å². The molecule has 1 aromatic rings. The van der Waals surface area contributed by atoms with E-state index in [4.69, 9.17) is 11.6 Å². The molecule has 1 aliphatic rings. The van der Waals surface area contributed by atoms with Gasteiger partial charge in [-0.05, 0) is 43.4 Å². The molecule has 7 heteroatoms. The summed E-state index contributed by atoms with van der Waals surface area (Å²) >= 11 is 5.94. The Hall–Kier alpha value is -1.11. The van der Waals surface area contributed by atoms with Gasteiger partial charge in [-0.3, -0.25) is 4.79 Å². The smallest absolute Gasteiger partial charge is 0.224 e. The Morgan fingerprint density at radius 2 is 2.21 bits per heavy atom. The highest BCUT2D eigenvalue weighted by atomic mass is 35.5. The number of benzene rings is 1. The number of nitrogens with zero attached hydrogens (tertiary/aromatic N) is 1. The molecule has 1 aromatic carbocycles. The number of piperidine rings is 1. The Balaban J connectivity index is 1.83. The number of hydrogen-bond acceptors (Lipinski definition) is 3. The van der Waals surface area contributed by atoms with Crippen LogP contribution in [0, 0.1) is 5.92 Å². The lowest BCUT2D eigenvalue weighted by Gasteiger charge is -2.31. The lowest BCUT2D eigenvalue weighted by Crippen LogP contribution is -2.46. The first-order chi connectivity index (χ1) is 11.4. The number of sulfonamides is 1. The Bertz CT molecular complexity index is 664. The molecule has 1 aliphatic heterocycles. The second kappa shape index (κ2) is 8.83. The summed E-state index contributed by atoms with van der Waals surface area (Å²) in [7, 11) is -3.23. The molecule has 1 atom stereocenters. The highest BCUT2D eigenvalue weighted by Gasteiger charge is 2.31. The van der Waals surface area contributed by atoms with Crippen LogP contribution in [0.3, 0.4) is 0 Å². The van der Waals surface area contributed by atoms with Gasteiger partial charge in [0.25, 0.3) is 0 Å². The summed E-state index contributed by atoms with van der Waals surface area (Å²) in [6.45, 7) is 3.19. The van der Waals surface area contributed by atoms with E-state index in [9.17, 15) is 13.2 Å². The van der Waals surface area contributed by atoms with Crippen LogP contribution < -0.4 is 5.32 Å². The number of nitrogens with one attached hydrogen (secondary N) is 1. The maximum Gasteiger partial charge on any atom is 0.224 e. The largest absolute Gasteiger partial charge is 0.355 e. The fourth-order valence-electron chi connectivity index (χ4n) is 2.96. The molecule has 1 amide bonds. The molecule has 5 nitrogen and oxygen atoms in total. The molecule has 1 heterocycles. The summed E-state index contributed by atoms with van der Waals surface area (Å²) in [6, 6.07) is 7.55. The summed E-state index contributed by atoms with van der Waals surface area (Å²) in [5.74, 6) is -0.172. The molecule has 0 saturated carbocycles. The zero-order valence-corrected chi connectivity index (χ0v) is 15.6. The third-order valence-electron chi connectivity index (χ3n) is 4.21. The maximum absolute atomic E-state index is 12.3. The Kier molecular flexibility index (Phi) is 7.07. The molecule has 0 aromatic heterocycles. The topological polar surface area (TPSA) is 66.5 Å². The molecular formula is C17H25ClN2O3S. The number of carbonyl (C=O) groups excluding carboxylic acids is 1. The van der Waals surface area contributed by atoms with Gasteiger partial charge in [-0.2, -0.15) is 0 Å². The van der Waals surface area contributed by atoms with E-state index in [0.29, 0.717) is 37.5 Å². The highest BCUT2D eigenvalue weighted by molar-refractivity contribution is 7.89. The van der Waals surface area contributed by atoms with E-state index in [1.54, 1.807) is 0 Å². The van der Waals surface area contributed by atoms with Crippen molar-refractivity contribution in [1.82, 2.24) is 9.62 Å². The van der Waals surface area contributed by atoms with Gasteiger partial charge in [-0.1, -0.05) is 30.7 Å². The molecule has 1 saturated heterocycles. The van der Waals surface area contributed by atoms with E-state index in [2.05, 4.69) is 5.32 Å². The minimum Gasteiger partial charge on any atom is -0.355 e. The van der Waals surface area contributed by atoms with Gasteiger partial charge < -0.3 is 5.32 Å². The molecule has 24 heavy (non-hydrogen) atoms. The van der Waals surface area contributed by atoms with Gasteiger partial charge in [-0.25, -0.2) is 12.7 Å². The fourth-order valence-corrected chi connectivity index (χ4v) is 4.76. The number of amides is 1. The summed E-state index contributed by atoms with van der Waals surface area (Å²) in [4.78, 5) is 12.3. The molecule has 0 aliphatic carbocycles. The maximum atomic E-state index is 12.3. The van der Waals surface area contributed by atoms with Crippen LogP contribution in [0.5, 0.6) is 0 Å². The predicted octanol–water partition coefficient (Wildman–Crippen LogP) is 2.45. The van der Waals surface area contributed by atoms with Gasteiger partial charge in [0.1, 0.15) is 0 Å². The summed E-state index contributed by atoms with van der Waals surface area (Å²) < 4.78 is 25.8. The van der Waals surface area contributed by atoms with Crippen molar-refractivity contribution in [2.45, 2.75) is 32.6 Å². The van der Waals surface area contributed by atoms with Crippen molar-refractivity contribution in [3.63, 3.8) is 0 Å². The summed E-state index contributed by atoms with van der Waals surface area (Å²) in [5, 5.41) is 3.60. The van der Waals surface area contributed by atoms with Crippen molar-refractivity contribution in [3.8, 4) is 0 Å². The van der Waals surface area contributed by atoms with Crippen LogP contribution >= 0.6 is 11.6 Å². The molecule has 0 bridgehead atoms. The van der Waals surface area contributed by atoms with Crippen LogP contribution in [-0.2, 0) is 21.2 Å². The van der Waals surface area contributed by atoms with Crippen LogP contribution in [0.2, 0.25) is 5.02 Å². The fraction of sp³-hybridized carbons (Fsp3) is 0.588. The molecule has 1 fully saturated rings. The van der Waals surface area contributed by atoms with Crippen LogP contribution in [0.1, 0.15) is 31.7 Å². The van der Waals surface area contributed by atoms with Crippen molar-refractivity contribution in [2.24, 2.45) is 5.92 Å². The molecule has 0 spiro atoms. The Labute approximate surface area is 149 Å².